The van der Waals surface area contributed by atoms with E-state index in [9.17, 15) is 0 Å². The van der Waals surface area contributed by atoms with E-state index in [0.29, 0.717) is 26.4 Å². The summed E-state index contributed by atoms with van der Waals surface area (Å²) in [6, 6.07) is 0. The van der Waals surface area contributed by atoms with Gasteiger partial charge >= 0.3 is 0 Å². The largest absolute Gasteiger partial charge is 0.391 e. The average Bonchev–Trinajstić information content (AvgIpc) is 2.31. The first-order chi connectivity index (χ1) is 8.45. The van der Waals surface area contributed by atoms with Crippen LogP contribution in [0.3, 0.4) is 0 Å². The van der Waals surface area contributed by atoms with Gasteiger partial charge in [0.15, 0.2) is 0 Å². The van der Waals surface area contributed by atoms with Gasteiger partial charge in [-0.1, -0.05) is 0 Å². The number of ether oxygens (including phenoxy) is 4. The second-order valence-corrected chi connectivity index (χ2v) is 4.74. The van der Waals surface area contributed by atoms with Crippen molar-refractivity contribution >= 4 is 0 Å². The van der Waals surface area contributed by atoms with E-state index in [1.807, 2.05) is 20.8 Å². The Balaban J connectivity index is 3.54. The van der Waals surface area contributed by atoms with E-state index in [-0.39, 0.29) is 18.3 Å². The lowest BCUT2D eigenvalue weighted by molar-refractivity contribution is -0.0844. The van der Waals surface area contributed by atoms with E-state index in [4.69, 9.17) is 24.1 Å². The molecule has 0 aromatic rings. The van der Waals surface area contributed by atoms with Crippen molar-refractivity contribution in [2.24, 2.45) is 0 Å². The summed E-state index contributed by atoms with van der Waals surface area (Å²) < 4.78 is 21.5. The molecule has 0 aromatic heterocycles. The maximum Gasteiger partial charge on any atom is 0.0781 e. The molecule has 0 aliphatic rings. The molecule has 0 amide bonds. The van der Waals surface area contributed by atoms with Crippen LogP contribution in [0.4, 0.5) is 0 Å². The molecule has 0 aromatic carbocycles. The molecule has 110 valence electrons. The van der Waals surface area contributed by atoms with Crippen LogP contribution in [0.5, 0.6) is 0 Å². The lowest BCUT2D eigenvalue weighted by Gasteiger charge is -2.20. The highest BCUT2D eigenvalue weighted by Gasteiger charge is 2.10. The second kappa shape index (κ2) is 10.7. The summed E-state index contributed by atoms with van der Waals surface area (Å²) in [6.07, 6.45) is -0.381. The number of aliphatic hydroxyl groups excluding tert-OH is 1. The Labute approximate surface area is 110 Å². The van der Waals surface area contributed by atoms with Gasteiger partial charge in [-0.2, -0.15) is 0 Å². The van der Waals surface area contributed by atoms with E-state index in [1.54, 1.807) is 14.0 Å². The molecule has 0 unspecified atom stereocenters. The number of aliphatic hydroxyl groups is 1. The number of hydrogen-bond acceptors (Lipinski definition) is 5. The zero-order valence-electron chi connectivity index (χ0n) is 12.2. The maximum atomic E-state index is 9.08. The zero-order chi connectivity index (χ0) is 14.0. The van der Waals surface area contributed by atoms with Gasteiger partial charge in [0, 0.05) is 7.11 Å². The van der Waals surface area contributed by atoms with Crippen LogP contribution in [0.1, 0.15) is 27.7 Å². The lowest BCUT2D eigenvalue weighted by Crippen LogP contribution is -2.27. The molecular weight excluding hydrogens is 236 g/mol. The van der Waals surface area contributed by atoms with Gasteiger partial charge in [-0.3, -0.25) is 0 Å². The molecular formula is C13H28O5. The standard InChI is InChI=1S/C13H28O5/c1-10(14)6-16-12(3)8-18-13(4)9-17-11(2)7-15-5/h10-14H,6-9H2,1-5H3/t10-,11-,12-,13-/m0/s1. The third kappa shape index (κ3) is 10.9. The minimum Gasteiger partial charge on any atom is -0.391 e. The van der Waals surface area contributed by atoms with Gasteiger partial charge in [-0.05, 0) is 27.7 Å². The van der Waals surface area contributed by atoms with Crippen LogP contribution >= 0.6 is 0 Å². The average molecular weight is 264 g/mol. The fourth-order valence-electron chi connectivity index (χ4n) is 1.28. The monoisotopic (exact) mass is 264 g/mol. The van der Waals surface area contributed by atoms with E-state index < -0.39 is 6.10 Å². The topological polar surface area (TPSA) is 57.2 Å². The van der Waals surface area contributed by atoms with Crippen molar-refractivity contribution in [1.29, 1.82) is 0 Å². The first kappa shape index (κ1) is 17.8. The molecule has 0 heterocycles. The van der Waals surface area contributed by atoms with Gasteiger partial charge in [0.25, 0.3) is 0 Å². The Bertz CT molecular complexity index is 186. The molecule has 4 atom stereocenters. The minimum absolute atomic E-state index is 0.0157. The molecule has 0 saturated carbocycles. The highest BCUT2D eigenvalue weighted by molar-refractivity contribution is 4.55. The summed E-state index contributed by atoms with van der Waals surface area (Å²) in [7, 11) is 1.65. The minimum atomic E-state index is -0.442. The van der Waals surface area contributed by atoms with Crippen molar-refractivity contribution in [2.45, 2.75) is 52.1 Å². The first-order valence-electron chi connectivity index (χ1n) is 6.47. The Morgan fingerprint density at radius 3 is 1.50 bits per heavy atom. The molecule has 0 rings (SSSR count). The van der Waals surface area contributed by atoms with Crippen molar-refractivity contribution in [3.8, 4) is 0 Å². The molecule has 5 heteroatoms. The SMILES string of the molecule is COC[C@H](C)OC[C@H](C)OC[C@H](C)OC[C@H](C)O. The molecule has 0 spiro atoms. The van der Waals surface area contributed by atoms with Crippen LogP contribution in [-0.4, -0.2) is 63.1 Å². The van der Waals surface area contributed by atoms with Crippen LogP contribution in [0.15, 0.2) is 0 Å². The second-order valence-electron chi connectivity index (χ2n) is 4.74. The molecule has 0 aliphatic carbocycles. The third-order valence-electron chi connectivity index (χ3n) is 2.25. The van der Waals surface area contributed by atoms with Crippen molar-refractivity contribution in [3.05, 3.63) is 0 Å². The van der Waals surface area contributed by atoms with Gasteiger partial charge in [0.05, 0.1) is 50.8 Å². The van der Waals surface area contributed by atoms with Gasteiger partial charge in [0.2, 0.25) is 0 Å². The molecule has 1 N–H and O–H groups in total. The normalized spacial score (nSPS) is 18.3. The summed E-state index contributed by atoms with van der Waals surface area (Å²) >= 11 is 0. The summed E-state index contributed by atoms with van der Waals surface area (Å²) in [5.41, 5.74) is 0. The predicted molar refractivity (Wildman–Crippen MR) is 69.8 cm³/mol. The van der Waals surface area contributed by atoms with Gasteiger partial charge in [0.1, 0.15) is 0 Å². The van der Waals surface area contributed by atoms with E-state index in [0.717, 1.165) is 0 Å². The summed E-state index contributed by atoms with van der Waals surface area (Å²) in [6.45, 7) is 9.49. The van der Waals surface area contributed by atoms with E-state index in [1.165, 1.54) is 0 Å². The van der Waals surface area contributed by atoms with Crippen LogP contribution in [0.2, 0.25) is 0 Å². The molecule has 0 aliphatic heterocycles. The van der Waals surface area contributed by atoms with Crippen molar-refractivity contribution < 1.29 is 24.1 Å². The molecule has 0 saturated heterocycles. The number of rotatable bonds is 11. The van der Waals surface area contributed by atoms with Crippen LogP contribution in [0.25, 0.3) is 0 Å². The summed E-state index contributed by atoms with van der Waals surface area (Å²) in [5.74, 6) is 0. The Kier molecular flexibility index (Phi) is 10.6. The van der Waals surface area contributed by atoms with Crippen LogP contribution in [0, 0.1) is 0 Å². The fraction of sp³-hybridized carbons (Fsp3) is 1.00. The Morgan fingerprint density at radius 2 is 1.11 bits per heavy atom. The Morgan fingerprint density at radius 1 is 0.722 bits per heavy atom. The molecule has 18 heavy (non-hydrogen) atoms. The van der Waals surface area contributed by atoms with E-state index >= 15 is 0 Å². The lowest BCUT2D eigenvalue weighted by atomic mass is 10.3. The van der Waals surface area contributed by atoms with Crippen LogP contribution < -0.4 is 0 Å². The van der Waals surface area contributed by atoms with Crippen molar-refractivity contribution in [3.63, 3.8) is 0 Å². The van der Waals surface area contributed by atoms with Crippen molar-refractivity contribution in [1.82, 2.24) is 0 Å². The third-order valence-corrected chi connectivity index (χ3v) is 2.25. The quantitative estimate of drug-likeness (QED) is 0.608. The van der Waals surface area contributed by atoms with E-state index in [2.05, 4.69) is 0 Å². The smallest absolute Gasteiger partial charge is 0.0781 e. The number of methoxy groups -OCH3 is 1. The van der Waals surface area contributed by atoms with Crippen LogP contribution in [-0.2, 0) is 18.9 Å². The number of hydrogen-bond donors (Lipinski definition) is 1. The van der Waals surface area contributed by atoms with Crippen molar-refractivity contribution in [2.75, 3.05) is 33.5 Å². The maximum absolute atomic E-state index is 9.08. The first-order valence-corrected chi connectivity index (χ1v) is 6.47. The molecule has 0 radical (unpaired) electrons. The summed E-state index contributed by atoms with van der Waals surface area (Å²) in [5, 5.41) is 9.08. The molecule has 0 fully saturated rings. The summed E-state index contributed by atoms with van der Waals surface area (Å²) in [4.78, 5) is 0. The highest BCUT2D eigenvalue weighted by Crippen LogP contribution is 2.00. The van der Waals surface area contributed by atoms with Gasteiger partial charge in [-0.15, -0.1) is 0 Å². The zero-order valence-corrected chi connectivity index (χ0v) is 12.2. The molecule has 0 bridgehead atoms. The van der Waals surface area contributed by atoms with Gasteiger partial charge in [-0.25, -0.2) is 0 Å². The predicted octanol–water partition coefficient (Wildman–Crippen LogP) is 1.23. The molecule has 5 nitrogen and oxygen atoms in total. The fourth-order valence-corrected chi connectivity index (χ4v) is 1.28. The Hall–Kier alpha value is -0.200. The highest BCUT2D eigenvalue weighted by atomic mass is 16.6. The van der Waals surface area contributed by atoms with Gasteiger partial charge < -0.3 is 24.1 Å².